The fraction of sp³-hybridized carbons (Fsp3) is 0.350. The van der Waals surface area contributed by atoms with Crippen LogP contribution in [-0.4, -0.2) is 57.7 Å². The van der Waals surface area contributed by atoms with Crippen LogP contribution in [0, 0.1) is 0 Å². The van der Waals surface area contributed by atoms with Crippen LogP contribution in [-0.2, 0) is 14.3 Å². The Balaban J connectivity index is 1.76. The Hall–Kier alpha value is -3.17. The molecule has 1 unspecified atom stereocenters. The van der Waals surface area contributed by atoms with Gasteiger partial charge in [0.05, 0.1) is 11.6 Å². The van der Waals surface area contributed by atoms with E-state index < -0.39 is 47.5 Å². The molecule has 9 heteroatoms. The summed E-state index contributed by atoms with van der Waals surface area (Å²) in [6, 6.07) is 2.79. The average Bonchev–Trinajstić information content (AvgIpc) is 3.25. The van der Waals surface area contributed by atoms with Gasteiger partial charge in [0, 0.05) is 34.8 Å². The van der Waals surface area contributed by atoms with Gasteiger partial charge >= 0.3 is 5.97 Å². The van der Waals surface area contributed by atoms with Crippen LogP contribution in [0.25, 0.3) is 5.53 Å². The number of hydrogen-bond donors (Lipinski definition) is 2. The highest BCUT2D eigenvalue weighted by Crippen LogP contribution is 2.58. The highest BCUT2D eigenvalue weighted by Gasteiger charge is 2.70. The first-order valence-corrected chi connectivity index (χ1v) is 8.99. The summed E-state index contributed by atoms with van der Waals surface area (Å²) in [5.41, 5.74) is 8.47. The standard InChI is InChI=1S/C20H15N2O7/c1-6(23)28-18-13-11(17(27)19-20(18,2)29-19)10-12(14(13)22-21)16(26)9-7(15(10)25)4-3-5-8(9)24/h3-5,14,17-19,24,27H,1-2H3/q-1/t14?,17-,18+,19-,20+/m1/s1. The maximum atomic E-state index is 13.2. The zero-order valence-corrected chi connectivity index (χ0v) is 15.4. The molecule has 1 fully saturated rings. The van der Waals surface area contributed by atoms with E-state index in [0.29, 0.717) is 0 Å². The second-order valence-electron chi connectivity index (χ2n) is 7.69. The summed E-state index contributed by atoms with van der Waals surface area (Å²) in [7, 11) is 0. The molecule has 5 rings (SSSR count). The van der Waals surface area contributed by atoms with Crippen LogP contribution in [0.3, 0.4) is 0 Å². The fourth-order valence-electron chi connectivity index (χ4n) is 4.81. The Morgan fingerprint density at radius 1 is 1.28 bits per heavy atom. The largest absolute Gasteiger partial charge is 0.711 e. The van der Waals surface area contributed by atoms with Gasteiger partial charge in [-0.05, 0) is 13.0 Å². The van der Waals surface area contributed by atoms with Crippen molar-refractivity contribution in [3.63, 3.8) is 0 Å². The van der Waals surface area contributed by atoms with Crippen molar-refractivity contribution in [2.75, 3.05) is 0 Å². The van der Waals surface area contributed by atoms with Crippen LogP contribution in [0.4, 0.5) is 0 Å². The number of rotatable bonds is 2. The number of ether oxygens (including phenoxy) is 2. The molecule has 1 saturated heterocycles. The first-order valence-electron chi connectivity index (χ1n) is 8.99. The van der Waals surface area contributed by atoms with Gasteiger partial charge in [0.1, 0.15) is 23.6 Å². The van der Waals surface area contributed by atoms with Gasteiger partial charge in [-0.1, -0.05) is 12.1 Å². The van der Waals surface area contributed by atoms with Crippen LogP contribution < -0.4 is 0 Å². The lowest BCUT2D eigenvalue weighted by atomic mass is 9.78. The minimum Gasteiger partial charge on any atom is -0.711 e. The number of epoxide rings is 1. The molecule has 9 nitrogen and oxygen atoms in total. The average molecular weight is 395 g/mol. The van der Waals surface area contributed by atoms with Crippen molar-refractivity contribution in [3.8, 4) is 5.75 Å². The molecule has 0 saturated carbocycles. The van der Waals surface area contributed by atoms with Crippen LogP contribution in [0.1, 0.15) is 34.6 Å². The highest BCUT2D eigenvalue weighted by molar-refractivity contribution is 6.31. The molecule has 2 N–H and O–H groups in total. The number of carbonyl (C=O) groups excluding carboxylic acids is 3. The molecular weight excluding hydrogens is 380 g/mol. The maximum Gasteiger partial charge on any atom is 0.303 e. The van der Waals surface area contributed by atoms with Gasteiger partial charge < -0.3 is 30.3 Å². The topological polar surface area (TPSA) is 148 Å². The van der Waals surface area contributed by atoms with E-state index in [4.69, 9.17) is 9.47 Å². The first-order chi connectivity index (χ1) is 13.7. The number of Topliss-reactive ketones (excluding diaryl/α,β-unsaturated/α-hetero) is 2. The molecule has 29 heavy (non-hydrogen) atoms. The monoisotopic (exact) mass is 395 g/mol. The van der Waals surface area contributed by atoms with E-state index in [2.05, 4.69) is 5.11 Å². The number of carbonyl (C=O) groups is 3. The van der Waals surface area contributed by atoms with Crippen molar-refractivity contribution < 1.29 is 34.1 Å². The minimum atomic E-state index is -1.33. The Morgan fingerprint density at radius 2 is 2.00 bits per heavy atom. The zero-order chi connectivity index (χ0) is 20.8. The molecule has 148 valence electrons. The van der Waals surface area contributed by atoms with Crippen LogP contribution in [0.15, 0.2) is 45.6 Å². The molecule has 0 amide bonds. The molecule has 1 aromatic rings. The van der Waals surface area contributed by atoms with E-state index in [1.54, 1.807) is 6.92 Å². The maximum absolute atomic E-state index is 13.2. The zero-order valence-electron chi connectivity index (χ0n) is 15.4. The molecule has 1 aliphatic heterocycles. The number of aliphatic hydroxyl groups excluding tert-OH is 1. The summed E-state index contributed by atoms with van der Waals surface area (Å²) in [5.74, 6) is -2.27. The number of phenolic OH excluding ortho intramolecular Hbond substituents is 1. The van der Waals surface area contributed by atoms with Gasteiger partial charge in [-0.25, -0.2) is 0 Å². The first kappa shape index (κ1) is 17.9. The summed E-state index contributed by atoms with van der Waals surface area (Å²) in [6.45, 7) is 2.83. The van der Waals surface area contributed by atoms with E-state index >= 15 is 0 Å². The van der Waals surface area contributed by atoms with E-state index in [1.165, 1.54) is 25.1 Å². The third-order valence-electron chi connectivity index (χ3n) is 6.08. The lowest BCUT2D eigenvalue weighted by Crippen LogP contribution is -2.45. The molecule has 5 atom stereocenters. The lowest BCUT2D eigenvalue weighted by Gasteiger charge is -2.32. The summed E-state index contributed by atoms with van der Waals surface area (Å²) >= 11 is 0. The fourth-order valence-corrected chi connectivity index (χ4v) is 4.81. The summed E-state index contributed by atoms with van der Waals surface area (Å²) < 4.78 is 11.0. The third kappa shape index (κ3) is 2.03. The van der Waals surface area contributed by atoms with Gasteiger partial charge in [-0.2, -0.15) is 0 Å². The number of aromatic hydroxyl groups is 1. The lowest BCUT2D eigenvalue weighted by molar-refractivity contribution is -0.147. The Kier molecular flexibility index (Phi) is 3.37. The van der Waals surface area contributed by atoms with Crippen molar-refractivity contribution in [1.82, 2.24) is 0 Å². The van der Waals surface area contributed by atoms with E-state index in [-0.39, 0.29) is 39.2 Å². The van der Waals surface area contributed by atoms with E-state index in [1.807, 2.05) is 0 Å². The quantitative estimate of drug-likeness (QED) is 0.435. The third-order valence-corrected chi connectivity index (χ3v) is 6.08. The highest BCUT2D eigenvalue weighted by atomic mass is 16.7. The summed E-state index contributed by atoms with van der Waals surface area (Å²) in [5, 5.41) is 24.3. The minimum absolute atomic E-state index is 0.0134. The van der Waals surface area contributed by atoms with Crippen LogP contribution in [0.5, 0.6) is 5.75 Å². The Morgan fingerprint density at radius 3 is 2.66 bits per heavy atom. The molecule has 1 heterocycles. The number of phenols is 1. The summed E-state index contributed by atoms with van der Waals surface area (Å²) in [6.07, 6.45) is -3.06. The number of aliphatic hydroxyl groups is 1. The van der Waals surface area contributed by atoms with Crippen LogP contribution >= 0.6 is 0 Å². The predicted octanol–water partition coefficient (Wildman–Crippen LogP) is 1.23. The van der Waals surface area contributed by atoms with Crippen molar-refractivity contribution in [2.24, 2.45) is 5.11 Å². The van der Waals surface area contributed by atoms with E-state index in [0.717, 1.165) is 0 Å². The SMILES string of the molecule is CC(=O)O[C@H]1C2=C(C3=C(C(=O)c4c(O)cccc4C3=O)C2N=[N-])[C@@H](O)[C@H]2O[C@]21C. The summed E-state index contributed by atoms with van der Waals surface area (Å²) in [4.78, 5) is 38.2. The molecule has 0 spiro atoms. The van der Waals surface area contributed by atoms with Crippen molar-refractivity contribution in [1.29, 1.82) is 0 Å². The van der Waals surface area contributed by atoms with Crippen molar-refractivity contribution in [2.45, 2.75) is 43.8 Å². The normalized spacial score (nSPS) is 34.3. The van der Waals surface area contributed by atoms with Gasteiger partial charge in [-0.3, -0.25) is 14.4 Å². The smallest absolute Gasteiger partial charge is 0.303 e. The molecular formula is C20H15N2O7-. The number of hydrogen-bond acceptors (Lipinski definition) is 8. The molecule has 0 bridgehead atoms. The molecule has 1 aromatic carbocycles. The van der Waals surface area contributed by atoms with Gasteiger partial charge in [0.15, 0.2) is 17.7 Å². The number of benzene rings is 1. The van der Waals surface area contributed by atoms with Crippen molar-refractivity contribution in [3.05, 3.63) is 57.1 Å². The molecule has 0 radical (unpaired) electrons. The predicted molar refractivity (Wildman–Crippen MR) is 95.2 cm³/mol. The van der Waals surface area contributed by atoms with Crippen molar-refractivity contribution >= 4 is 17.5 Å². The molecule has 0 aromatic heterocycles. The van der Waals surface area contributed by atoms with Gasteiger partial charge in [0.25, 0.3) is 0 Å². The molecule has 4 aliphatic rings. The van der Waals surface area contributed by atoms with Crippen LogP contribution in [0.2, 0.25) is 0 Å². The number of ketones is 2. The van der Waals surface area contributed by atoms with Gasteiger partial charge in [-0.15, -0.1) is 0 Å². The van der Waals surface area contributed by atoms with Gasteiger partial charge in [0.2, 0.25) is 0 Å². The second kappa shape index (κ2) is 5.46. The van der Waals surface area contributed by atoms with E-state index in [9.17, 15) is 30.1 Å². The second-order valence-corrected chi connectivity index (χ2v) is 7.69. The Labute approximate surface area is 164 Å². The number of esters is 1. The Bertz CT molecular complexity index is 1120. The number of nitrogens with zero attached hydrogens (tertiary/aromatic N) is 2. The molecule has 3 aliphatic carbocycles. The number of fused-ring (bicyclic) bond motifs is 3.